The number of amides is 1. The van der Waals surface area contributed by atoms with E-state index in [9.17, 15) is 4.79 Å². The van der Waals surface area contributed by atoms with E-state index < -0.39 is 0 Å². The quantitative estimate of drug-likeness (QED) is 0.924. The number of hydrogen-bond donors (Lipinski definition) is 1. The summed E-state index contributed by atoms with van der Waals surface area (Å²) in [6.45, 7) is 6.10. The highest BCUT2D eigenvalue weighted by Gasteiger charge is 2.30. The van der Waals surface area contributed by atoms with Gasteiger partial charge in [0.05, 0.1) is 0 Å². The third-order valence-corrected chi connectivity index (χ3v) is 5.27. The average Bonchev–Trinajstić information content (AvgIpc) is 3.11. The Hall–Kier alpha value is -1.17. The van der Waals surface area contributed by atoms with Crippen LogP contribution in [0.15, 0.2) is 0 Å². The van der Waals surface area contributed by atoms with E-state index in [0.717, 1.165) is 48.9 Å². The van der Waals surface area contributed by atoms with Crippen molar-refractivity contribution in [3.63, 3.8) is 0 Å². The molecule has 0 spiro atoms. The Morgan fingerprint density at radius 1 is 1.25 bits per heavy atom. The standard InChI is InChI=1S/C14H22N4OS/c1-9(2)13-16-17-14(20-13)18-7-5-10(6-8-18)12(19)15-11-3-4-11/h9-11H,3-8H2,1-2H3,(H,15,19). The molecule has 1 aromatic heterocycles. The Balaban J connectivity index is 1.53. The number of carbonyl (C=O) groups is 1. The summed E-state index contributed by atoms with van der Waals surface area (Å²) in [5, 5.41) is 13.7. The van der Waals surface area contributed by atoms with E-state index in [1.807, 2.05) is 0 Å². The van der Waals surface area contributed by atoms with Crippen LogP contribution in [-0.4, -0.2) is 35.2 Å². The van der Waals surface area contributed by atoms with Gasteiger partial charge in [-0.1, -0.05) is 25.2 Å². The van der Waals surface area contributed by atoms with Crippen molar-refractivity contribution in [1.29, 1.82) is 0 Å². The first-order chi connectivity index (χ1) is 9.63. The molecule has 5 nitrogen and oxygen atoms in total. The molecule has 20 heavy (non-hydrogen) atoms. The maximum atomic E-state index is 12.0. The Morgan fingerprint density at radius 3 is 2.50 bits per heavy atom. The molecular weight excluding hydrogens is 272 g/mol. The van der Waals surface area contributed by atoms with Gasteiger partial charge in [0.25, 0.3) is 0 Å². The maximum Gasteiger partial charge on any atom is 0.223 e. The summed E-state index contributed by atoms with van der Waals surface area (Å²) in [6.07, 6.45) is 4.17. The number of carbonyl (C=O) groups excluding carboxylic acids is 1. The largest absolute Gasteiger partial charge is 0.353 e. The fraction of sp³-hybridized carbons (Fsp3) is 0.786. The van der Waals surface area contributed by atoms with Crippen LogP contribution in [0, 0.1) is 5.92 Å². The van der Waals surface area contributed by atoms with Crippen LogP contribution >= 0.6 is 11.3 Å². The molecule has 1 saturated carbocycles. The molecule has 6 heteroatoms. The molecule has 1 saturated heterocycles. The van der Waals surface area contributed by atoms with Crippen molar-refractivity contribution in [3.8, 4) is 0 Å². The Bertz CT molecular complexity index is 475. The molecule has 3 rings (SSSR count). The van der Waals surface area contributed by atoms with Crippen molar-refractivity contribution in [1.82, 2.24) is 15.5 Å². The molecule has 1 aliphatic heterocycles. The second-order valence-electron chi connectivity index (χ2n) is 6.12. The molecule has 0 unspecified atom stereocenters. The van der Waals surface area contributed by atoms with E-state index in [1.54, 1.807) is 11.3 Å². The lowest BCUT2D eigenvalue weighted by Gasteiger charge is -2.30. The van der Waals surface area contributed by atoms with Crippen LogP contribution in [0.5, 0.6) is 0 Å². The lowest BCUT2D eigenvalue weighted by atomic mass is 9.96. The lowest BCUT2D eigenvalue weighted by molar-refractivity contribution is -0.125. The van der Waals surface area contributed by atoms with E-state index in [1.165, 1.54) is 0 Å². The monoisotopic (exact) mass is 294 g/mol. The number of rotatable bonds is 4. The Morgan fingerprint density at radius 2 is 1.95 bits per heavy atom. The molecule has 1 aromatic rings. The van der Waals surface area contributed by atoms with Crippen molar-refractivity contribution in [3.05, 3.63) is 5.01 Å². The van der Waals surface area contributed by atoms with Gasteiger partial charge in [-0.05, 0) is 25.7 Å². The number of hydrogen-bond acceptors (Lipinski definition) is 5. The van der Waals surface area contributed by atoms with Gasteiger partial charge in [0.1, 0.15) is 5.01 Å². The molecule has 0 atom stereocenters. The molecular formula is C14H22N4OS. The minimum absolute atomic E-state index is 0.185. The smallest absolute Gasteiger partial charge is 0.223 e. The first-order valence-corrected chi connectivity index (χ1v) is 8.34. The van der Waals surface area contributed by atoms with Gasteiger partial charge >= 0.3 is 0 Å². The van der Waals surface area contributed by atoms with E-state index in [2.05, 4.69) is 34.3 Å². The van der Waals surface area contributed by atoms with E-state index in [0.29, 0.717) is 12.0 Å². The van der Waals surface area contributed by atoms with Crippen LogP contribution in [0.2, 0.25) is 0 Å². The molecule has 1 aliphatic carbocycles. The normalized spacial score (nSPS) is 20.4. The number of piperidine rings is 1. The van der Waals surface area contributed by atoms with Crippen LogP contribution in [-0.2, 0) is 4.79 Å². The number of aromatic nitrogens is 2. The third-order valence-electron chi connectivity index (χ3n) is 3.98. The van der Waals surface area contributed by atoms with Crippen LogP contribution in [0.25, 0.3) is 0 Å². The summed E-state index contributed by atoms with van der Waals surface area (Å²) in [5.74, 6) is 0.875. The van der Waals surface area contributed by atoms with Crippen LogP contribution in [0.1, 0.15) is 50.5 Å². The summed E-state index contributed by atoms with van der Waals surface area (Å²) >= 11 is 1.68. The number of nitrogens with zero attached hydrogens (tertiary/aromatic N) is 3. The molecule has 2 fully saturated rings. The first kappa shape index (κ1) is 13.8. The van der Waals surface area contributed by atoms with Gasteiger partial charge in [-0.25, -0.2) is 0 Å². The van der Waals surface area contributed by atoms with Gasteiger partial charge in [-0.2, -0.15) is 0 Å². The van der Waals surface area contributed by atoms with Gasteiger partial charge < -0.3 is 10.2 Å². The highest BCUT2D eigenvalue weighted by Crippen LogP contribution is 2.29. The van der Waals surface area contributed by atoms with Crippen LogP contribution in [0.4, 0.5) is 5.13 Å². The van der Waals surface area contributed by atoms with Crippen molar-refractivity contribution in [2.24, 2.45) is 5.92 Å². The van der Waals surface area contributed by atoms with Gasteiger partial charge in [-0.3, -0.25) is 4.79 Å². The zero-order chi connectivity index (χ0) is 14.1. The topological polar surface area (TPSA) is 58.1 Å². The molecule has 0 bridgehead atoms. The van der Waals surface area contributed by atoms with Crippen molar-refractivity contribution in [2.75, 3.05) is 18.0 Å². The third kappa shape index (κ3) is 3.11. The molecule has 2 aliphatic rings. The molecule has 1 N–H and O–H groups in total. The predicted octanol–water partition coefficient (Wildman–Crippen LogP) is 2.16. The molecule has 0 aromatic carbocycles. The number of nitrogens with one attached hydrogen (secondary N) is 1. The van der Waals surface area contributed by atoms with Gasteiger partial charge in [0.15, 0.2) is 0 Å². The average molecular weight is 294 g/mol. The van der Waals surface area contributed by atoms with E-state index >= 15 is 0 Å². The highest BCUT2D eigenvalue weighted by atomic mass is 32.1. The second-order valence-corrected chi connectivity index (χ2v) is 7.11. The van der Waals surface area contributed by atoms with Gasteiger partial charge in [0.2, 0.25) is 11.0 Å². The molecule has 2 heterocycles. The highest BCUT2D eigenvalue weighted by molar-refractivity contribution is 7.15. The molecule has 110 valence electrons. The summed E-state index contributed by atoms with van der Waals surface area (Å²) in [7, 11) is 0. The van der Waals surface area contributed by atoms with Crippen LogP contribution in [0.3, 0.4) is 0 Å². The van der Waals surface area contributed by atoms with Crippen molar-refractivity contribution < 1.29 is 4.79 Å². The number of anilines is 1. The lowest BCUT2D eigenvalue weighted by Crippen LogP contribution is -2.41. The first-order valence-electron chi connectivity index (χ1n) is 7.52. The summed E-state index contributed by atoms with van der Waals surface area (Å²) in [5.41, 5.74) is 0. The fourth-order valence-corrected chi connectivity index (χ4v) is 3.36. The zero-order valence-electron chi connectivity index (χ0n) is 12.1. The van der Waals surface area contributed by atoms with Crippen LogP contribution < -0.4 is 10.2 Å². The zero-order valence-corrected chi connectivity index (χ0v) is 12.9. The maximum absolute atomic E-state index is 12.0. The van der Waals surface area contributed by atoms with Crippen molar-refractivity contribution >= 4 is 22.4 Å². The summed E-state index contributed by atoms with van der Waals surface area (Å²) < 4.78 is 0. The minimum Gasteiger partial charge on any atom is -0.353 e. The van der Waals surface area contributed by atoms with E-state index in [-0.39, 0.29) is 11.8 Å². The predicted molar refractivity (Wildman–Crippen MR) is 80.1 cm³/mol. The second kappa shape index (κ2) is 5.68. The van der Waals surface area contributed by atoms with Crippen molar-refractivity contribution in [2.45, 2.75) is 51.5 Å². The SMILES string of the molecule is CC(C)c1nnc(N2CCC(C(=O)NC3CC3)CC2)s1. The Labute approximate surface area is 123 Å². The summed E-state index contributed by atoms with van der Waals surface area (Å²) in [4.78, 5) is 14.3. The molecule has 1 amide bonds. The fourth-order valence-electron chi connectivity index (χ4n) is 2.47. The van der Waals surface area contributed by atoms with E-state index in [4.69, 9.17) is 0 Å². The minimum atomic E-state index is 0.185. The summed E-state index contributed by atoms with van der Waals surface area (Å²) in [6, 6.07) is 0.470. The van der Waals surface area contributed by atoms with Gasteiger partial charge in [0, 0.05) is 31.0 Å². The Kier molecular flexibility index (Phi) is 3.92. The van der Waals surface area contributed by atoms with Gasteiger partial charge in [-0.15, -0.1) is 10.2 Å². The molecule has 0 radical (unpaired) electrons.